The molecule has 4 nitrogen and oxygen atoms in total. The van der Waals surface area contributed by atoms with Crippen LogP contribution in [0.15, 0.2) is 47.5 Å². The zero-order chi connectivity index (χ0) is 14.7. The summed E-state index contributed by atoms with van der Waals surface area (Å²) in [5.41, 5.74) is 5.95. The average Bonchev–Trinajstić information content (AvgIpc) is 3.35. The van der Waals surface area contributed by atoms with Gasteiger partial charge >= 0.3 is 0 Å². The minimum atomic E-state index is 0. The summed E-state index contributed by atoms with van der Waals surface area (Å²) < 4.78 is 5.84. The molecule has 22 heavy (non-hydrogen) atoms. The van der Waals surface area contributed by atoms with Crippen LogP contribution in [0.3, 0.4) is 0 Å². The summed E-state index contributed by atoms with van der Waals surface area (Å²) in [4.78, 5) is 6.43. The topological polar surface area (TPSA) is 50.8 Å². The van der Waals surface area contributed by atoms with E-state index in [0.29, 0.717) is 25.2 Å². The second-order valence-corrected chi connectivity index (χ2v) is 5.41. The molecule has 0 bridgehead atoms. The molecule has 0 radical (unpaired) electrons. The molecule has 0 aromatic heterocycles. The molecule has 1 saturated carbocycles. The van der Waals surface area contributed by atoms with Gasteiger partial charge in [-0.2, -0.15) is 0 Å². The lowest BCUT2D eigenvalue weighted by molar-refractivity contribution is 0.331. The third-order valence-electron chi connectivity index (χ3n) is 3.83. The van der Waals surface area contributed by atoms with E-state index < -0.39 is 0 Å². The van der Waals surface area contributed by atoms with Crippen LogP contribution < -0.4 is 10.5 Å². The molecule has 2 N–H and O–H groups in total. The maximum Gasteiger partial charge on any atom is 0.191 e. The highest BCUT2D eigenvalue weighted by Crippen LogP contribution is 2.25. The summed E-state index contributed by atoms with van der Waals surface area (Å²) in [6.45, 7) is 1.11. The Morgan fingerprint density at radius 1 is 1.23 bits per heavy atom. The Bertz CT molecular complexity index is 650. The number of fused-ring (bicyclic) bond motifs is 1. The average molecular weight is 411 g/mol. The molecule has 0 amide bonds. The van der Waals surface area contributed by atoms with Gasteiger partial charge in [-0.3, -0.25) is 0 Å². The number of hydrogen-bond acceptors (Lipinski definition) is 2. The minimum absolute atomic E-state index is 0. The summed E-state index contributed by atoms with van der Waals surface area (Å²) in [6.07, 6.45) is 2.44. The molecule has 1 aliphatic rings. The van der Waals surface area contributed by atoms with Crippen LogP contribution in [-0.2, 0) is 0 Å². The van der Waals surface area contributed by atoms with Crippen molar-refractivity contribution < 1.29 is 4.74 Å². The van der Waals surface area contributed by atoms with E-state index in [-0.39, 0.29) is 24.0 Å². The van der Waals surface area contributed by atoms with Gasteiger partial charge in [-0.15, -0.1) is 24.0 Å². The van der Waals surface area contributed by atoms with Crippen molar-refractivity contribution >= 4 is 40.7 Å². The Labute approximate surface area is 148 Å². The predicted molar refractivity (Wildman–Crippen MR) is 102 cm³/mol. The molecule has 0 unspecified atom stereocenters. The quantitative estimate of drug-likeness (QED) is 0.356. The SMILES string of the molecule is CN(C(N)=NCCOc1cccc2ccccc12)C1CC1.I. The van der Waals surface area contributed by atoms with Gasteiger partial charge in [-0.1, -0.05) is 36.4 Å². The van der Waals surface area contributed by atoms with Crippen LogP contribution in [0.4, 0.5) is 0 Å². The van der Waals surface area contributed by atoms with E-state index in [9.17, 15) is 0 Å². The van der Waals surface area contributed by atoms with E-state index in [1.54, 1.807) is 0 Å². The zero-order valence-corrected chi connectivity index (χ0v) is 15.1. The van der Waals surface area contributed by atoms with E-state index in [1.807, 2.05) is 31.3 Å². The molecule has 0 atom stereocenters. The first-order valence-corrected chi connectivity index (χ1v) is 7.39. The summed E-state index contributed by atoms with van der Waals surface area (Å²) >= 11 is 0. The number of guanidine groups is 1. The van der Waals surface area contributed by atoms with Crippen LogP contribution in [0.1, 0.15) is 12.8 Å². The Morgan fingerprint density at radius 2 is 1.95 bits per heavy atom. The molecule has 118 valence electrons. The highest BCUT2D eigenvalue weighted by Gasteiger charge is 2.27. The third-order valence-corrected chi connectivity index (χ3v) is 3.83. The number of nitrogens with zero attached hydrogens (tertiary/aromatic N) is 2. The fourth-order valence-corrected chi connectivity index (χ4v) is 2.40. The number of aliphatic imine (C=N–C) groups is 1. The van der Waals surface area contributed by atoms with E-state index in [2.05, 4.69) is 28.1 Å². The van der Waals surface area contributed by atoms with Gasteiger partial charge in [0.1, 0.15) is 12.4 Å². The lowest BCUT2D eigenvalue weighted by atomic mass is 10.1. The number of benzene rings is 2. The van der Waals surface area contributed by atoms with Crippen LogP contribution in [-0.4, -0.2) is 37.1 Å². The predicted octanol–water partition coefficient (Wildman–Crippen LogP) is 3.25. The molecule has 0 heterocycles. The lowest BCUT2D eigenvalue weighted by Crippen LogP contribution is -2.36. The number of nitrogens with two attached hydrogens (primary N) is 1. The van der Waals surface area contributed by atoms with E-state index in [0.717, 1.165) is 11.1 Å². The van der Waals surface area contributed by atoms with Crippen molar-refractivity contribution in [1.82, 2.24) is 4.90 Å². The first-order chi connectivity index (χ1) is 10.3. The molecular weight excluding hydrogens is 389 g/mol. The summed E-state index contributed by atoms with van der Waals surface area (Å²) in [6, 6.07) is 14.9. The van der Waals surface area contributed by atoms with Crippen LogP contribution in [0, 0.1) is 0 Å². The molecule has 0 saturated heterocycles. The van der Waals surface area contributed by atoms with Crippen LogP contribution in [0.2, 0.25) is 0 Å². The highest BCUT2D eigenvalue weighted by atomic mass is 127. The number of halogens is 1. The summed E-state index contributed by atoms with van der Waals surface area (Å²) in [7, 11) is 2.00. The normalized spacial score (nSPS) is 14.5. The Morgan fingerprint density at radius 3 is 2.73 bits per heavy atom. The molecule has 0 aliphatic heterocycles. The van der Waals surface area contributed by atoms with Gasteiger partial charge in [0.05, 0.1) is 6.54 Å². The van der Waals surface area contributed by atoms with Gasteiger partial charge in [0, 0.05) is 18.5 Å². The number of ether oxygens (including phenoxy) is 1. The number of hydrogen-bond donors (Lipinski definition) is 1. The van der Waals surface area contributed by atoms with Crippen molar-refractivity contribution in [3.63, 3.8) is 0 Å². The second-order valence-electron chi connectivity index (χ2n) is 5.41. The molecule has 3 rings (SSSR count). The van der Waals surface area contributed by atoms with Crippen molar-refractivity contribution in [3.8, 4) is 5.75 Å². The van der Waals surface area contributed by atoms with Crippen LogP contribution in [0.5, 0.6) is 5.75 Å². The van der Waals surface area contributed by atoms with Gasteiger partial charge in [0.2, 0.25) is 0 Å². The smallest absolute Gasteiger partial charge is 0.191 e. The second kappa shape index (κ2) is 7.67. The molecule has 1 aliphatic carbocycles. The van der Waals surface area contributed by atoms with E-state index in [1.165, 1.54) is 18.2 Å². The Hall–Kier alpha value is -1.50. The van der Waals surface area contributed by atoms with Gasteiger partial charge in [0.15, 0.2) is 5.96 Å². The minimum Gasteiger partial charge on any atom is -0.491 e. The van der Waals surface area contributed by atoms with Crippen molar-refractivity contribution in [2.24, 2.45) is 10.7 Å². The maximum absolute atomic E-state index is 5.95. The van der Waals surface area contributed by atoms with Crippen LogP contribution >= 0.6 is 24.0 Å². The first-order valence-electron chi connectivity index (χ1n) is 7.39. The number of rotatable bonds is 5. The van der Waals surface area contributed by atoms with E-state index in [4.69, 9.17) is 10.5 Å². The molecular formula is C17H22IN3O. The van der Waals surface area contributed by atoms with Gasteiger partial charge < -0.3 is 15.4 Å². The standard InChI is InChI=1S/C17H21N3O.HI/c1-20(14-9-10-14)17(18)19-11-12-21-16-8-4-6-13-5-2-3-7-15(13)16;/h2-8,14H,9-12H2,1H3,(H2,18,19);1H. The Balaban J connectivity index is 0.00000176. The lowest BCUT2D eigenvalue weighted by Gasteiger charge is -2.16. The summed E-state index contributed by atoms with van der Waals surface area (Å²) in [5, 5.41) is 2.32. The maximum atomic E-state index is 5.95. The Kier molecular flexibility index (Phi) is 5.88. The molecule has 2 aromatic rings. The fraction of sp³-hybridized carbons (Fsp3) is 0.353. The van der Waals surface area contributed by atoms with Gasteiger partial charge in [0.25, 0.3) is 0 Å². The third kappa shape index (κ3) is 4.03. The summed E-state index contributed by atoms with van der Waals surface area (Å²) in [5.74, 6) is 1.51. The zero-order valence-electron chi connectivity index (χ0n) is 12.7. The van der Waals surface area contributed by atoms with Crippen LogP contribution in [0.25, 0.3) is 10.8 Å². The molecule has 1 fully saturated rings. The molecule has 0 spiro atoms. The van der Waals surface area contributed by atoms with Crippen molar-refractivity contribution in [1.29, 1.82) is 0 Å². The van der Waals surface area contributed by atoms with Crippen molar-refractivity contribution in [2.75, 3.05) is 20.2 Å². The van der Waals surface area contributed by atoms with E-state index >= 15 is 0 Å². The highest BCUT2D eigenvalue weighted by molar-refractivity contribution is 14.0. The molecule has 2 aromatic carbocycles. The van der Waals surface area contributed by atoms with Crippen molar-refractivity contribution in [2.45, 2.75) is 18.9 Å². The monoisotopic (exact) mass is 411 g/mol. The van der Waals surface area contributed by atoms with Crippen molar-refractivity contribution in [3.05, 3.63) is 42.5 Å². The largest absolute Gasteiger partial charge is 0.491 e. The first kappa shape index (κ1) is 16.9. The molecule has 5 heteroatoms. The fourth-order valence-electron chi connectivity index (χ4n) is 2.40. The van der Waals surface area contributed by atoms with Gasteiger partial charge in [-0.25, -0.2) is 4.99 Å². The van der Waals surface area contributed by atoms with Gasteiger partial charge in [-0.05, 0) is 24.3 Å².